The number of aromatic nitrogens is 1. The Labute approximate surface area is 195 Å². The van der Waals surface area contributed by atoms with Gasteiger partial charge in [0.25, 0.3) is 5.91 Å². The standard InChI is InChI=1S/C23H28BrN3O3S/c1-5-29-19-11-8-16(14-20(19)30-6-2)22(28)27(13-7-12-26(3)4)23-25-18-10-9-17(24)15-21(18)31-23/h8-11,14-15H,5-7,12-13H2,1-4H3. The summed E-state index contributed by atoms with van der Waals surface area (Å²) in [5.74, 6) is 1.13. The van der Waals surface area contributed by atoms with Gasteiger partial charge in [-0.1, -0.05) is 27.3 Å². The van der Waals surface area contributed by atoms with Crippen molar-refractivity contribution in [3.63, 3.8) is 0 Å². The van der Waals surface area contributed by atoms with Gasteiger partial charge in [0.1, 0.15) is 0 Å². The number of carbonyl (C=O) groups is 1. The molecule has 0 aliphatic carbocycles. The summed E-state index contributed by atoms with van der Waals surface area (Å²) in [5.41, 5.74) is 1.44. The van der Waals surface area contributed by atoms with E-state index in [-0.39, 0.29) is 5.91 Å². The molecule has 3 aromatic rings. The summed E-state index contributed by atoms with van der Waals surface area (Å²) in [4.78, 5) is 22.2. The third-order valence-corrected chi connectivity index (χ3v) is 6.13. The quantitative estimate of drug-likeness (QED) is 0.366. The summed E-state index contributed by atoms with van der Waals surface area (Å²) < 4.78 is 13.4. The van der Waals surface area contributed by atoms with Crippen LogP contribution in [-0.2, 0) is 0 Å². The number of halogens is 1. The molecular formula is C23H28BrN3O3S. The van der Waals surface area contributed by atoms with Crippen LogP contribution in [0.4, 0.5) is 5.13 Å². The van der Waals surface area contributed by atoms with E-state index in [4.69, 9.17) is 14.5 Å². The van der Waals surface area contributed by atoms with E-state index in [9.17, 15) is 4.79 Å². The Hall–Kier alpha value is -2.16. The second-order valence-electron chi connectivity index (χ2n) is 7.25. The molecule has 0 unspecified atom stereocenters. The van der Waals surface area contributed by atoms with Crippen LogP contribution in [0.15, 0.2) is 40.9 Å². The topological polar surface area (TPSA) is 54.9 Å². The molecule has 0 spiro atoms. The van der Waals surface area contributed by atoms with Crippen LogP contribution < -0.4 is 14.4 Å². The predicted molar refractivity (Wildman–Crippen MR) is 131 cm³/mol. The van der Waals surface area contributed by atoms with E-state index in [0.717, 1.165) is 27.7 Å². The number of rotatable bonds is 10. The Morgan fingerprint density at radius 1 is 1.03 bits per heavy atom. The smallest absolute Gasteiger partial charge is 0.260 e. The maximum Gasteiger partial charge on any atom is 0.260 e. The normalized spacial score (nSPS) is 11.2. The molecule has 31 heavy (non-hydrogen) atoms. The number of ether oxygens (including phenoxy) is 2. The highest BCUT2D eigenvalue weighted by atomic mass is 79.9. The van der Waals surface area contributed by atoms with Crippen molar-refractivity contribution in [2.45, 2.75) is 20.3 Å². The van der Waals surface area contributed by atoms with Crippen molar-refractivity contribution in [1.29, 1.82) is 0 Å². The van der Waals surface area contributed by atoms with Gasteiger partial charge in [0, 0.05) is 16.6 Å². The first-order chi connectivity index (χ1) is 14.9. The van der Waals surface area contributed by atoms with Gasteiger partial charge in [0.05, 0.1) is 23.4 Å². The Morgan fingerprint density at radius 3 is 2.48 bits per heavy atom. The van der Waals surface area contributed by atoms with E-state index in [1.54, 1.807) is 23.1 Å². The molecule has 1 amide bonds. The molecule has 1 heterocycles. The van der Waals surface area contributed by atoms with E-state index >= 15 is 0 Å². The SMILES string of the molecule is CCOc1ccc(C(=O)N(CCCN(C)C)c2nc3ccc(Br)cc3s2)cc1OCC. The van der Waals surface area contributed by atoms with E-state index < -0.39 is 0 Å². The van der Waals surface area contributed by atoms with E-state index in [0.29, 0.717) is 42.0 Å². The van der Waals surface area contributed by atoms with E-state index in [2.05, 4.69) is 20.8 Å². The maximum atomic E-state index is 13.6. The van der Waals surface area contributed by atoms with Crippen molar-refractivity contribution >= 4 is 48.5 Å². The highest BCUT2D eigenvalue weighted by Gasteiger charge is 2.22. The number of carbonyl (C=O) groups excluding carboxylic acids is 1. The van der Waals surface area contributed by atoms with Crippen molar-refractivity contribution in [2.75, 3.05) is 45.3 Å². The van der Waals surface area contributed by atoms with Gasteiger partial charge in [-0.05, 0) is 77.3 Å². The zero-order chi connectivity index (χ0) is 22.4. The second-order valence-corrected chi connectivity index (χ2v) is 9.17. The molecule has 0 aliphatic rings. The van der Waals surface area contributed by atoms with Gasteiger partial charge in [0.15, 0.2) is 16.6 Å². The summed E-state index contributed by atoms with van der Waals surface area (Å²) in [6, 6.07) is 11.3. The van der Waals surface area contributed by atoms with Crippen molar-refractivity contribution < 1.29 is 14.3 Å². The monoisotopic (exact) mass is 505 g/mol. The first-order valence-electron chi connectivity index (χ1n) is 10.3. The van der Waals surface area contributed by atoms with Gasteiger partial charge in [-0.15, -0.1) is 0 Å². The number of benzene rings is 2. The third kappa shape index (κ3) is 5.96. The molecule has 0 saturated carbocycles. The van der Waals surface area contributed by atoms with E-state index in [1.807, 2.05) is 46.1 Å². The van der Waals surface area contributed by atoms with Crippen molar-refractivity contribution in [2.24, 2.45) is 0 Å². The van der Waals surface area contributed by atoms with Gasteiger partial charge in [-0.2, -0.15) is 0 Å². The van der Waals surface area contributed by atoms with Crippen LogP contribution in [-0.4, -0.2) is 56.2 Å². The van der Waals surface area contributed by atoms with Crippen LogP contribution in [0.25, 0.3) is 10.2 Å². The Morgan fingerprint density at radius 2 is 1.77 bits per heavy atom. The van der Waals surface area contributed by atoms with E-state index in [1.165, 1.54) is 11.3 Å². The lowest BCUT2D eigenvalue weighted by Gasteiger charge is -2.21. The fraction of sp³-hybridized carbons (Fsp3) is 0.391. The molecule has 8 heteroatoms. The van der Waals surface area contributed by atoms with Crippen LogP contribution in [0.2, 0.25) is 0 Å². The minimum atomic E-state index is -0.0964. The molecule has 0 radical (unpaired) electrons. The first kappa shape index (κ1) is 23.5. The van der Waals surface area contributed by atoms with Gasteiger partial charge in [-0.3, -0.25) is 9.69 Å². The summed E-state index contributed by atoms with van der Waals surface area (Å²) in [6.45, 7) is 6.33. The molecule has 0 fully saturated rings. The van der Waals surface area contributed by atoms with Crippen molar-refractivity contribution in [3.8, 4) is 11.5 Å². The molecule has 0 bridgehead atoms. The Kier molecular flexibility index (Phi) is 8.28. The van der Waals surface area contributed by atoms with Gasteiger partial charge >= 0.3 is 0 Å². The largest absolute Gasteiger partial charge is 0.490 e. The van der Waals surface area contributed by atoms with Crippen molar-refractivity contribution in [3.05, 3.63) is 46.4 Å². The number of fused-ring (bicyclic) bond motifs is 1. The molecule has 0 N–H and O–H groups in total. The summed E-state index contributed by atoms with van der Waals surface area (Å²) in [7, 11) is 4.06. The van der Waals surface area contributed by atoms with Gasteiger partial charge < -0.3 is 14.4 Å². The van der Waals surface area contributed by atoms with Crippen molar-refractivity contribution in [1.82, 2.24) is 9.88 Å². The fourth-order valence-corrected chi connectivity index (χ4v) is 4.71. The average molecular weight is 506 g/mol. The number of thiazole rings is 1. The number of nitrogens with zero attached hydrogens (tertiary/aromatic N) is 3. The number of hydrogen-bond acceptors (Lipinski definition) is 6. The zero-order valence-corrected chi connectivity index (χ0v) is 20.8. The molecule has 6 nitrogen and oxygen atoms in total. The van der Waals surface area contributed by atoms with Crippen LogP contribution in [0, 0.1) is 0 Å². The second kappa shape index (κ2) is 10.9. The predicted octanol–water partition coefficient (Wildman–Crippen LogP) is 5.45. The molecule has 166 valence electrons. The number of anilines is 1. The number of hydrogen-bond donors (Lipinski definition) is 0. The highest BCUT2D eigenvalue weighted by Crippen LogP contribution is 2.33. The molecule has 1 aromatic heterocycles. The number of amides is 1. The summed E-state index contributed by atoms with van der Waals surface area (Å²) in [5, 5.41) is 0.698. The molecule has 2 aromatic carbocycles. The van der Waals surface area contributed by atoms with Gasteiger partial charge in [0.2, 0.25) is 0 Å². The fourth-order valence-electron chi connectivity index (χ4n) is 3.17. The summed E-state index contributed by atoms with van der Waals surface area (Å²) in [6.07, 6.45) is 0.841. The lowest BCUT2D eigenvalue weighted by atomic mass is 10.1. The van der Waals surface area contributed by atoms with Crippen LogP contribution in [0.1, 0.15) is 30.6 Å². The van der Waals surface area contributed by atoms with Crippen LogP contribution in [0.5, 0.6) is 11.5 Å². The molecule has 0 atom stereocenters. The minimum absolute atomic E-state index is 0.0964. The van der Waals surface area contributed by atoms with Crippen LogP contribution in [0.3, 0.4) is 0 Å². The lowest BCUT2D eigenvalue weighted by molar-refractivity contribution is 0.0985. The minimum Gasteiger partial charge on any atom is -0.490 e. The Balaban J connectivity index is 1.95. The van der Waals surface area contributed by atoms with Crippen LogP contribution >= 0.6 is 27.3 Å². The van der Waals surface area contributed by atoms with Gasteiger partial charge in [-0.25, -0.2) is 4.98 Å². The molecule has 0 saturated heterocycles. The zero-order valence-electron chi connectivity index (χ0n) is 18.4. The summed E-state index contributed by atoms with van der Waals surface area (Å²) >= 11 is 5.03. The Bertz CT molecular complexity index is 1040. The lowest BCUT2D eigenvalue weighted by Crippen LogP contribution is -2.33. The average Bonchev–Trinajstić information content (AvgIpc) is 3.15. The molecular weight excluding hydrogens is 478 g/mol. The third-order valence-electron chi connectivity index (χ3n) is 4.59. The molecule has 3 rings (SSSR count). The maximum absolute atomic E-state index is 13.6. The first-order valence-corrected chi connectivity index (χ1v) is 12.0. The highest BCUT2D eigenvalue weighted by molar-refractivity contribution is 9.10. The molecule has 0 aliphatic heterocycles.